The average Bonchev–Trinajstić information content (AvgIpc) is 2.47. The third kappa shape index (κ3) is 4.38. The number of hydrogen-bond acceptors (Lipinski definition) is 5. The number of sulfonamides is 1. The summed E-state index contributed by atoms with van der Waals surface area (Å²) in [5, 5.41) is 2.78. The Labute approximate surface area is 128 Å². The van der Waals surface area contributed by atoms with Gasteiger partial charge in [0.2, 0.25) is 16.0 Å². The molecule has 0 radical (unpaired) electrons. The molecule has 0 amide bonds. The highest BCUT2D eigenvalue weighted by atomic mass is 32.2. The van der Waals surface area contributed by atoms with Crippen LogP contribution in [0.5, 0.6) is 0 Å². The van der Waals surface area contributed by atoms with Crippen LogP contribution in [-0.2, 0) is 10.0 Å². The Kier molecular flexibility index (Phi) is 6.54. The normalized spacial score (nSPS) is 12.4. The first-order chi connectivity index (χ1) is 9.86. The zero-order chi connectivity index (χ0) is 16.0. The molecule has 6 nitrogen and oxygen atoms in total. The van der Waals surface area contributed by atoms with Crippen LogP contribution in [0.3, 0.4) is 0 Å². The molecule has 1 aromatic rings. The van der Waals surface area contributed by atoms with E-state index in [-0.39, 0.29) is 16.9 Å². The van der Waals surface area contributed by atoms with Crippen LogP contribution in [0.4, 0.5) is 5.95 Å². The summed E-state index contributed by atoms with van der Waals surface area (Å²) in [6, 6.07) is 0.00127. The van der Waals surface area contributed by atoms with Crippen molar-refractivity contribution >= 4 is 16.0 Å². The molecular formula is C14H26N4O2S. The first-order valence-corrected chi connectivity index (χ1v) is 8.82. The Bertz CT molecular complexity index is 524. The van der Waals surface area contributed by atoms with Gasteiger partial charge in [-0.25, -0.2) is 18.4 Å². The number of nitrogens with zero attached hydrogens (tertiary/aromatic N) is 3. The Balaban J connectivity index is 3.18. The molecule has 0 aliphatic heterocycles. The Morgan fingerprint density at radius 3 is 2.10 bits per heavy atom. The van der Waals surface area contributed by atoms with Crippen LogP contribution in [-0.4, -0.2) is 42.3 Å². The van der Waals surface area contributed by atoms with Crippen LogP contribution in [0.15, 0.2) is 17.3 Å². The zero-order valence-electron chi connectivity index (χ0n) is 13.5. The summed E-state index contributed by atoms with van der Waals surface area (Å²) in [6.07, 6.45) is 4.31. The summed E-state index contributed by atoms with van der Waals surface area (Å²) in [5.74, 6) is 0.671. The molecule has 0 bridgehead atoms. The standard InChI is InChI=1S/C14H26N4O2S/c1-6-12(7-2)18(10-11(3)4)21(19,20)13-8-16-14(15-5)17-9-13/h8-9,11-12H,6-7,10H2,1-5H3,(H,15,16,17). The summed E-state index contributed by atoms with van der Waals surface area (Å²) >= 11 is 0. The van der Waals surface area contributed by atoms with Gasteiger partial charge in [0.15, 0.2) is 0 Å². The number of hydrogen-bond donors (Lipinski definition) is 1. The van der Waals surface area contributed by atoms with Gasteiger partial charge in [0.1, 0.15) is 4.90 Å². The van der Waals surface area contributed by atoms with Crippen LogP contribution < -0.4 is 5.32 Å². The lowest BCUT2D eigenvalue weighted by Crippen LogP contribution is -2.42. The predicted molar refractivity (Wildman–Crippen MR) is 84.7 cm³/mol. The molecule has 0 aliphatic rings. The van der Waals surface area contributed by atoms with E-state index in [4.69, 9.17) is 0 Å². The van der Waals surface area contributed by atoms with E-state index in [9.17, 15) is 8.42 Å². The van der Waals surface area contributed by atoms with Crippen LogP contribution in [0, 0.1) is 5.92 Å². The van der Waals surface area contributed by atoms with Gasteiger partial charge in [-0.3, -0.25) is 0 Å². The smallest absolute Gasteiger partial charge is 0.246 e. The van der Waals surface area contributed by atoms with E-state index in [2.05, 4.69) is 15.3 Å². The highest BCUT2D eigenvalue weighted by Crippen LogP contribution is 2.22. The van der Waals surface area contributed by atoms with E-state index < -0.39 is 10.0 Å². The van der Waals surface area contributed by atoms with Crippen molar-refractivity contribution in [3.05, 3.63) is 12.4 Å². The van der Waals surface area contributed by atoms with Crippen LogP contribution in [0.25, 0.3) is 0 Å². The Morgan fingerprint density at radius 2 is 1.71 bits per heavy atom. The maximum absolute atomic E-state index is 12.9. The second-order valence-electron chi connectivity index (χ2n) is 5.43. The Morgan fingerprint density at radius 1 is 1.19 bits per heavy atom. The summed E-state index contributed by atoms with van der Waals surface area (Å²) < 4.78 is 27.3. The van der Waals surface area contributed by atoms with E-state index in [1.165, 1.54) is 12.4 Å². The molecule has 0 atom stereocenters. The lowest BCUT2D eigenvalue weighted by atomic mass is 10.1. The number of aromatic nitrogens is 2. The van der Waals surface area contributed by atoms with Gasteiger partial charge in [-0.15, -0.1) is 0 Å². The number of rotatable bonds is 8. The minimum absolute atomic E-state index is 0.00127. The van der Waals surface area contributed by atoms with Crippen molar-refractivity contribution in [2.75, 3.05) is 18.9 Å². The zero-order valence-corrected chi connectivity index (χ0v) is 14.3. The molecule has 0 unspecified atom stereocenters. The quantitative estimate of drug-likeness (QED) is 0.797. The fraction of sp³-hybridized carbons (Fsp3) is 0.714. The summed E-state index contributed by atoms with van der Waals surface area (Å²) in [5.41, 5.74) is 0. The highest BCUT2D eigenvalue weighted by Gasteiger charge is 2.30. The van der Waals surface area contributed by atoms with Crippen LogP contribution in [0.1, 0.15) is 40.5 Å². The van der Waals surface area contributed by atoms with Gasteiger partial charge in [0.05, 0.1) is 12.4 Å². The van der Waals surface area contributed by atoms with E-state index in [1.54, 1.807) is 11.4 Å². The third-order valence-electron chi connectivity index (χ3n) is 3.35. The molecule has 0 aliphatic carbocycles. The largest absolute Gasteiger partial charge is 0.357 e. The summed E-state index contributed by atoms with van der Waals surface area (Å²) in [4.78, 5) is 8.16. The molecule has 1 aromatic heterocycles. The van der Waals surface area contributed by atoms with Crippen molar-refractivity contribution in [1.29, 1.82) is 0 Å². The topological polar surface area (TPSA) is 75.2 Å². The van der Waals surface area contributed by atoms with Crippen molar-refractivity contribution in [1.82, 2.24) is 14.3 Å². The monoisotopic (exact) mass is 314 g/mol. The van der Waals surface area contributed by atoms with Gasteiger partial charge >= 0.3 is 0 Å². The van der Waals surface area contributed by atoms with Gasteiger partial charge in [-0.2, -0.15) is 4.31 Å². The number of anilines is 1. The fourth-order valence-electron chi connectivity index (χ4n) is 2.21. The lowest BCUT2D eigenvalue weighted by Gasteiger charge is -2.30. The highest BCUT2D eigenvalue weighted by molar-refractivity contribution is 7.89. The molecule has 7 heteroatoms. The molecular weight excluding hydrogens is 288 g/mol. The average molecular weight is 314 g/mol. The van der Waals surface area contributed by atoms with Crippen molar-refractivity contribution < 1.29 is 8.42 Å². The molecule has 120 valence electrons. The summed E-state index contributed by atoms with van der Waals surface area (Å²) in [7, 11) is -1.87. The van der Waals surface area contributed by atoms with Gasteiger partial charge in [0, 0.05) is 19.6 Å². The Hall–Kier alpha value is -1.21. The molecule has 1 rings (SSSR count). The van der Waals surface area contributed by atoms with E-state index >= 15 is 0 Å². The lowest BCUT2D eigenvalue weighted by molar-refractivity contribution is 0.276. The number of nitrogens with one attached hydrogen (secondary N) is 1. The predicted octanol–water partition coefficient (Wildman–Crippen LogP) is 2.35. The first kappa shape index (κ1) is 17.8. The van der Waals surface area contributed by atoms with Crippen molar-refractivity contribution in [2.24, 2.45) is 5.92 Å². The van der Waals surface area contributed by atoms with Gasteiger partial charge in [-0.1, -0.05) is 27.7 Å². The van der Waals surface area contributed by atoms with Gasteiger partial charge in [0.25, 0.3) is 0 Å². The second-order valence-corrected chi connectivity index (χ2v) is 7.32. The molecule has 0 fully saturated rings. The van der Waals surface area contributed by atoms with E-state index in [0.29, 0.717) is 12.5 Å². The van der Waals surface area contributed by atoms with Crippen LogP contribution in [0.2, 0.25) is 0 Å². The molecule has 1 N–H and O–H groups in total. The second kappa shape index (κ2) is 7.70. The molecule has 0 saturated heterocycles. The van der Waals surface area contributed by atoms with Gasteiger partial charge < -0.3 is 5.32 Å². The van der Waals surface area contributed by atoms with Crippen molar-refractivity contribution in [2.45, 2.75) is 51.5 Å². The van der Waals surface area contributed by atoms with Crippen molar-refractivity contribution in [3.8, 4) is 0 Å². The first-order valence-electron chi connectivity index (χ1n) is 7.38. The molecule has 0 aromatic carbocycles. The molecule has 0 saturated carbocycles. The van der Waals surface area contributed by atoms with Crippen LogP contribution >= 0.6 is 0 Å². The SMILES string of the molecule is CCC(CC)N(CC(C)C)S(=O)(=O)c1cnc(NC)nc1. The van der Waals surface area contributed by atoms with E-state index in [1.807, 2.05) is 27.7 Å². The minimum atomic E-state index is -3.56. The van der Waals surface area contributed by atoms with Crippen molar-refractivity contribution in [3.63, 3.8) is 0 Å². The maximum atomic E-state index is 12.9. The van der Waals surface area contributed by atoms with Gasteiger partial charge in [-0.05, 0) is 18.8 Å². The maximum Gasteiger partial charge on any atom is 0.246 e. The van der Waals surface area contributed by atoms with E-state index in [0.717, 1.165) is 12.8 Å². The third-order valence-corrected chi connectivity index (χ3v) is 5.22. The minimum Gasteiger partial charge on any atom is -0.357 e. The molecule has 1 heterocycles. The molecule has 21 heavy (non-hydrogen) atoms. The fourth-order valence-corrected chi connectivity index (χ4v) is 4.04. The summed E-state index contributed by atoms with van der Waals surface area (Å²) in [6.45, 7) is 8.56. The molecule has 0 spiro atoms.